The van der Waals surface area contributed by atoms with Gasteiger partial charge < -0.3 is 15.2 Å². The van der Waals surface area contributed by atoms with Gasteiger partial charge in [-0.25, -0.2) is 4.79 Å². The molecule has 2 rings (SSSR count). The third-order valence-electron chi connectivity index (χ3n) is 3.36. The molecule has 9 heteroatoms. The van der Waals surface area contributed by atoms with E-state index in [0.717, 1.165) is 0 Å². The van der Waals surface area contributed by atoms with Crippen LogP contribution in [0.5, 0.6) is 0 Å². The zero-order valence-corrected chi connectivity index (χ0v) is 13.7. The number of hydrogen-bond donors (Lipinski definition) is 1. The van der Waals surface area contributed by atoms with E-state index in [1.165, 1.54) is 23.6 Å². The lowest BCUT2D eigenvalue weighted by atomic mass is 10.0. The maximum atomic E-state index is 12.2. The number of ketones is 1. The number of thioether (sulfide) groups is 1. The van der Waals surface area contributed by atoms with E-state index in [4.69, 9.17) is 15.2 Å². The minimum atomic E-state index is -0.674. The Hall–Kier alpha value is -1.87. The van der Waals surface area contributed by atoms with Crippen LogP contribution in [0.4, 0.5) is 0 Å². The molecule has 0 saturated carbocycles. The van der Waals surface area contributed by atoms with Gasteiger partial charge in [0.15, 0.2) is 0 Å². The summed E-state index contributed by atoms with van der Waals surface area (Å²) in [6.45, 7) is 2.93. The number of nitrogens with zero attached hydrogens (tertiary/aromatic N) is 1. The first kappa shape index (κ1) is 17.5. The molecular formula is C14H18N2O6S. The van der Waals surface area contributed by atoms with Crippen LogP contribution in [0.3, 0.4) is 0 Å². The van der Waals surface area contributed by atoms with Crippen LogP contribution in [0.15, 0.2) is 11.3 Å². The first-order valence-corrected chi connectivity index (χ1v) is 8.16. The molecule has 1 fully saturated rings. The number of β-lactam (4-membered cyclic amide) rings is 1. The van der Waals surface area contributed by atoms with Crippen LogP contribution in [0.25, 0.3) is 0 Å². The highest BCUT2D eigenvalue weighted by Crippen LogP contribution is 2.39. The van der Waals surface area contributed by atoms with E-state index < -0.39 is 18.0 Å². The van der Waals surface area contributed by atoms with Gasteiger partial charge in [-0.3, -0.25) is 19.3 Å². The molecule has 0 aliphatic carbocycles. The second-order valence-electron chi connectivity index (χ2n) is 5.15. The van der Waals surface area contributed by atoms with E-state index in [9.17, 15) is 19.2 Å². The Balaban J connectivity index is 2.17. The molecule has 0 bridgehead atoms. The molecule has 0 aromatic carbocycles. The van der Waals surface area contributed by atoms with Crippen LogP contribution in [-0.2, 0) is 28.7 Å². The number of hydrogen-bond acceptors (Lipinski definition) is 8. The first-order chi connectivity index (χ1) is 10.9. The summed E-state index contributed by atoms with van der Waals surface area (Å²) in [4.78, 5) is 47.8. The summed E-state index contributed by atoms with van der Waals surface area (Å²) in [6, 6.07) is -0.647. The number of fused-ring (bicyclic) bond motifs is 1. The van der Waals surface area contributed by atoms with E-state index in [1.807, 2.05) is 0 Å². The standard InChI is InChI=1S/C14H18N2O6S/c1-3-21-14(20)11-8(5-22-9(18)4-7(2)17)6-23-13-10(15)12(19)16(11)13/h10,13H,3-6,15H2,1-2H3/t10?,13-/m0/s1. The molecule has 0 radical (unpaired) electrons. The summed E-state index contributed by atoms with van der Waals surface area (Å²) in [5.41, 5.74) is 6.30. The number of amides is 1. The predicted molar refractivity (Wildman–Crippen MR) is 81.0 cm³/mol. The van der Waals surface area contributed by atoms with Crippen molar-refractivity contribution in [2.24, 2.45) is 5.73 Å². The van der Waals surface area contributed by atoms with Crippen LogP contribution in [0.2, 0.25) is 0 Å². The maximum Gasteiger partial charge on any atom is 0.355 e. The van der Waals surface area contributed by atoms with Gasteiger partial charge in [-0.1, -0.05) is 0 Å². The Kier molecular flexibility index (Phi) is 5.42. The SMILES string of the molecule is CCOC(=O)C1=C(COC(=O)CC(C)=O)CS[C@H]2C(N)C(=O)N12. The molecule has 2 aliphatic heterocycles. The van der Waals surface area contributed by atoms with Crippen LogP contribution >= 0.6 is 11.8 Å². The van der Waals surface area contributed by atoms with E-state index in [-0.39, 0.29) is 42.4 Å². The van der Waals surface area contributed by atoms with Crippen LogP contribution in [-0.4, -0.2) is 58.9 Å². The highest BCUT2D eigenvalue weighted by molar-refractivity contribution is 8.00. The molecule has 23 heavy (non-hydrogen) atoms. The molecule has 2 atom stereocenters. The number of Topliss-reactive ketones (excluding diaryl/α,β-unsaturated/α-hetero) is 1. The minimum absolute atomic E-state index is 0.0953. The van der Waals surface area contributed by atoms with E-state index >= 15 is 0 Å². The molecule has 2 N–H and O–H groups in total. The van der Waals surface area contributed by atoms with Crippen molar-refractivity contribution in [3.63, 3.8) is 0 Å². The smallest absolute Gasteiger partial charge is 0.355 e. The number of carbonyl (C=O) groups excluding carboxylic acids is 4. The topological polar surface area (TPSA) is 116 Å². The van der Waals surface area contributed by atoms with Gasteiger partial charge in [0, 0.05) is 11.3 Å². The van der Waals surface area contributed by atoms with Crippen molar-refractivity contribution in [2.45, 2.75) is 31.7 Å². The van der Waals surface area contributed by atoms with Crippen molar-refractivity contribution >= 4 is 35.4 Å². The lowest BCUT2D eigenvalue weighted by Crippen LogP contribution is -2.68. The summed E-state index contributed by atoms with van der Waals surface area (Å²) < 4.78 is 10.00. The number of carbonyl (C=O) groups is 4. The number of nitrogens with two attached hydrogens (primary N) is 1. The van der Waals surface area contributed by atoms with Gasteiger partial charge in [0.05, 0.1) is 6.61 Å². The molecule has 1 amide bonds. The summed E-state index contributed by atoms with van der Waals surface area (Å²) in [5.74, 6) is -1.60. The molecular weight excluding hydrogens is 324 g/mol. The first-order valence-electron chi connectivity index (χ1n) is 7.11. The summed E-state index contributed by atoms with van der Waals surface area (Å²) in [7, 11) is 0. The van der Waals surface area contributed by atoms with Crippen LogP contribution in [0, 0.1) is 0 Å². The summed E-state index contributed by atoms with van der Waals surface area (Å²) >= 11 is 1.39. The van der Waals surface area contributed by atoms with Gasteiger partial charge in [0.25, 0.3) is 0 Å². The van der Waals surface area contributed by atoms with Crippen molar-refractivity contribution in [1.29, 1.82) is 0 Å². The average molecular weight is 342 g/mol. The Morgan fingerprint density at radius 3 is 2.65 bits per heavy atom. The Morgan fingerprint density at radius 1 is 1.35 bits per heavy atom. The third kappa shape index (κ3) is 3.56. The van der Waals surface area contributed by atoms with Crippen molar-refractivity contribution in [3.05, 3.63) is 11.3 Å². The fraction of sp³-hybridized carbons (Fsp3) is 0.571. The number of rotatable bonds is 6. The largest absolute Gasteiger partial charge is 0.461 e. The molecule has 126 valence electrons. The second kappa shape index (κ2) is 7.14. The van der Waals surface area contributed by atoms with E-state index in [2.05, 4.69) is 0 Å². The minimum Gasteiger partial charge on any atom is -0.461 e. The highest BCUT2D eigenvalue weighted by Gasteiger charge is 2.52. The molecule has 0 aromatic heterocycles. The third-order valence-corrected chi connectivity index (χ3v) is 4.72. The molecule has 2 aliphatic rings. The lowest BCUT2D eigenvalue weighted by Gasteiger charge is -2.48. The van der Waals surface area contributed by atoms with Crippen molar-refractivity contribution in [1.82, 2.24) is 4.90 Å². The summed E-state index contributed by atoms with van der Waals surface area (Å²) in [5, 5.41) is -0.307. The molecule has 1 unspecified atom stereocenters. The molecule has 8 nitrogen and oxygen atoms in total. The van der Waals surface area contributed by atoms with E-state index in [1.54, 1.807) is 6.92 Å². The number of ether oxygens (including phenoxy) is 2. The van der Waals surface area contributed by atoms with Gasteiger partial charge in [-0.05, 0) is 13.8 Å². The summed E-state index contributed by atoms with van der Waals surface area (Å²) in [6.07, 6.45) is -0.328. The monoisotopic (exact) mass is 342 g/mol. The fourth-order valence-electron chi connectivity index (χ4n) is 2.30. The number of esters is 2. The van der Waals surface area contributed by atoms with Gasteiger partial charge in [-0.15, -0.1) is 11.8 Å². The predicted octanol–water partition coefficient (Wildman–Crippen LogP) is -0.432. The Bertz CT molecular complexity index is 588. The Labute approximate surface area is 137 Å². The highest BCUT2D eigenvalue weighted by atomic mass is 32.2. The van der Waals surface area contributed by atoms with Crippen molar-refractivity contribution in [2.75, 3.05) is 19.0 Å². The quantitative estimate of drug-likeness (QED) is 0.393. The Morgan fingerprint density at radius 2 is 2.04 bits per heavy atom. The van der Waals surface area contributed by atoms with Crippen molar-refractivity contribution in [3.8, 4) is 0 Å². The molecule has 2 heterocycles. The van der Waals surface area contributed by atoms with E-state index in [0.29, 0.717) is 11.3 Å². The zero-order chi connectivity index (χ0) is 17.1. The van der Waals surface area contributed by atoms with Crippen LogP contribution < -0.4 is 5.73 Å². The van der Waals surface area contributed by atoms with Gasteiger partial charge >= 0.3 is 11.9 Å². The second-order valence-corrected chi connectivity index (χ2v) is 6.25. The van der Waals surface area contributed by atoms with Gasteiger partial charge in [0.1, 0.15) is 35.9 Å². The average Bonchev–Trinajstić information content (AvgIpc) is 2.50. The lowest BCUT2D eigenvalue weighted by molar-refractivity contribution is -0.151. The molecule has 0 aromatic rings. The van der Waals surface area contributed by atoms with Gasteiger partial charge in [0.2, 0.25) is 5.91 Å². The fourth-order valence-corrected chi connectivity index (χ4v) is 3.57. The molecule has 1 saturated heterocycles. The zero-order valence-electron chi connectivity index (χ0n) is 12.9. The van der Waals surface area contributed by atoms with Gasteiger partial charge in [-0.2, -0.15) is 0 Å². The molecule has 0 spiro atoms. The maximum absolute atomic E-state index is 12.2. The van der Waals surface area contributed by atoms with Crippen molar-refractivity contribution < 1.29 is 28.7 Å². The van der Waals surface area contributed by atoms with Crippen LogP contribution in [0.1, 0.15) is 20.3 Å². The normalized spacial score (nSPS) is 23.1.